The first kappa shape index (κ1) is 19.1. The molecule has 0 spiro atoms. The second kappa shape index (κ2) is 8.41. The van der Waals surface area contributed by atoms with E-state index in [-0.39, 0.29) is 0 Å². The van der Waals surface area contributed by atoms with Gasteiger partial charge in [-0.25, -0.2) is 0 Å². The zero-order chi connectivity index (χ0) is 19.4. The largest absolute Gasteiger partial charge is 0.0843 e. The van der Waals surface area contributed by atoms with Crippen molar-refractivity contribution in [3.8, 4) is 0 Å². The summed E-state index contributed by atoms with van der Waals surface area (Å²) in [5, 5.41) is 5.18. The van der Waals surface area contributed by atoms with E-state index < -0.39 is 6.89 Å². The van der Waals surface area contributed by atoms with Gasteiger partial charge in [0.05, 0.1) is 0 Å². The number of benzene rings is 4. The molecule has 4 aromatic rings. The van der Waals surface area contributed by atoms with Crippen LogP contribution in [0.4, 0.5) is 0 Å². The van der Waals surface area contributed by atoms with Crippen molar-refractivity contribution in [2.24, 2.45) is 0 Å². The third kappa shape index (κ3) is 3.69. The van der Waals surface area contributed by atoms with Gasteiger partial charge in [0, 0.05) is 10.0 Å². The average molecular weight is 421 g/mol. The minimum atomic E-state index is -2.07. The highest BCUT2D eigenvalue weighted by Gasteiger charge is 2.25. The van der Waals surface area contributed by atoms with Gasteiger partial charge in [-0.15, -0.1) is 0 Å². The predicted molar refractivity (Wildman–Crippen MR) is 127 cm³/mol. The Morgan fingerprint density at radius 1 is 0.536 bits per heavy atom. The Morgan fingerprint density at radius 2 is 0.964 bits per heavy atom. The summed E-state index contributed by atoms with van der Waals surface area (Å²) in [7, 11) is 0. The van der Waals surface area contributed by atoms with Crippen LogP contribution in [0.5, 0.6) is 0 Å². The molecule has 0 atom stereocenters. The Morgan fingerprint density at radius 3 is 1.36 bits per heavy atom. The summed E-state index contributed by atoms with van der Waals surface area (Å²) < 4.78 is 0. The normalized spacial score (nSPS) is 11.2. The van der Waals surface area contributed by atoms with E-state index in [0.29, 0.717) is 10.0 Å². The predicted octanol–water partition coefficient (Wildman–Crippen LogP) is 6.14. The summed E-state index contributed by atoms with van der Waals surface area (Å²) in [5.74, 6) is 2.35. The van der Waals surface area contributed by atoms with Gasteiger partial charge in [0.15, 0.2) is 0 Å². The Kier molecular flexibility index (Phi) is 5.74. The summed E-state index contributed by atoms with van der Waals surface area (Å²) in [6.45, 7) is -2.07. The van der Waals surface area contributed by atoms with Crippen LogP contribution in [0.2, 0.25) is 10.0 Å². The van der Waals surface area contributed by atoms with E-state index in [0.717, 1.165) is 5.56 Å². The lowest BCUT2D eigenvalue weighted by Crippen LogP contribution is -2.27. The molecule has 0 aliphatic rings. The first-order valence-corrected chi connectivity index (χ1v) is 11.7. The Balaban J connectivity index is 2.14. The molecule has 28 heavy (non-hydrogen) atoms. The third-order valence-electron chi connectivity index (χ3n) is 4.79. The molecule has 0 bridgehead atoms. The second-order valence-electron chi connectivity index (χ2n) is 6.52. The van der Waals surface area contributed by atoms with Crippen molar-refractivity contribution in [2.75, 3.05) is 0 Å². The number of rotatable bonds is 4. The molecule has 3 heteroatoms. The molecule has 0 fully saturated rings. The van der Waals surface area contributed by atoms with Crippen molar-refractivity contribution in [1.82, 2.24) is 0 Å². The Labute approximate surface area is 176 Å². The molecule has 0 radical (unpaired) electrons. The monoisotopic (exact) mass is 420 g/mol. The molecule has 0 N–H and O–H groups in total. The van der Waals surface area contributed by atoms with E-state index in [1.807, 2.05) is 18.2 Å². The highest BCUT2D eigenvalue weighted by Crippen LogP contribution is 2.45. The van der Waals surface area contributed by atoms with Crippen LogP contribution in [0.25, 0.3) is 0 Å². The van der Waals surface area contributed by atoms with Crippen LogP contribution in [0.15, 0.2) is 109 Å². The molecule has 0 saturated carbocycles. The average Bonchev–Trinajstić information content (AvgIpc) is 2.75. The molecule has 0 heterocycles. The van der Waals surface area contributed by atoms with Crippen LogP contribution < -0.4 is 15.9 Å². The lowest BCUT2D eigenvalue weighted by atomic mass is 10.2. The summed E-state index contributed by atoms with van der Waals surface area (Å²) in [6, 6.07) is 37.8. The Hall–Kier alpha value is -2.24. The van der Waals surface area contributed by atoms with Crippen LogP contribution >= 0.6 is 30.1 Å². The minimum Gasteiger partial charge on any atom is -0.0843 e. The van der Waals surface area contributed by atoms with Gasteiger partial charge in [-0.05, 0) is 46.3 Å². The fraction of sp³-hybridized carbons (Fsp3) is 0. The van der Waals surface area contributed by atoms with E-state index in [1.165, 1.54) is 15.9 Å². The van der Waals surface area contributed by atoms with Gasteiger partial charge in [0.2, 0.25) is 0 Å². The van der Waals surface area contributed by atoms with Crippen molar-refractivity contribution < 1.29 is 0 Å². The molecular formula is C25H19Cl2P. The molecule has 0 amide bonds. The first-order valence-electron chi connectivity index (χ1n) is 9.07. The molecule has 0 saturated heterocycles. The summed E-state index contributed by atoms with van der Waals surface area (Å²) >= 11 is 12.7. The lowest BCUT2D eigenvalue weighted by Gasteiger charge is -2.29. The van der Waals surface area contributed by atoms with Crippen LogP contribution in [-0.4, -0.2) is 5.80 Å². The van der Waals surface area contributed by atoms with Crippen LogP contribution in [0.1, 0.15) is 5.56 Å². The van der Waals surface area contributed by atoms with Crippen LogP contribution in [-0.2, 0) is 0 Å². The second-order valence-corrected chi connectivity index (χ2v) is 10.6. The van der Waals surface area contributed by atoms with Gasteiger partial charge in [-0.1, -0.05) is 120 Å². The fourth-order valence-electron chi connectivity index (χ4n) is 3.48. The topological polar surface area (TPSA) is 0 Å². The fourth-order valence-corrected chi connectivity index (χ4v) is 7.93. The third-order valence-corrected chi connectivity index (χ3v) is 9.35. The SMILES string of the molecule is Clc1ccc(C=P(c2ccccc2)(c2ccccc2)c2ccccc2)c(Cl)c1. The van der Waals surface area contributed by atoms with Crippen LogP contribution in [0, 0.1) is 0 Å². The van der Waals surface area contributed by atoms with Crippen molar-refractivity contribution in [3.05, 3.63) is 125 Å². The molecule has 0 aromatic heterocycles. The van der Waals surface area contributed by atoms with Gasteiger partial charge in [0.25, 0.3) is 0 Å². The smallest absolute Gasteiger partial charge is 0.0493 e. The minimum absolute atomic E-state index is 0.644. The Bertz CT molecular complexity index is 1020. The molecule has 0 aliphatic heterocycles. The zero-order valence-electron chi connectivity index (χ0n) is 15.2. The molecule has 0 nitrogen and oxygen atoms in total. The van der Waals surface area contributed by atoms with Gasteiger partial charge >= 0.3 is 0 Å². The highest BCUT2D eigenvalue weighted by molar-refractivity contribution is 7.94. The van der Waals surface area contributed by atoms with E-state index >= 15 is 0 Å². The zero-order valence-corrected chi connectivity index (χ0v) is 17.6. The lowest BCUT2D eigenvalue weighted by molar-refractivity contribution is 1.68. The van der Waals surface area contributed by atoms with E-state index in [4.69, 9.17) is 23.2 Å². The van der Waals surface area contributed by atoms with Gasteiger partial charge < -0.3 is 0 Å². The van der Waals surface area contributed by atoms with Crippen molar-refractivity contribution >= 4 is 51.8 Å². The molecule has 138 valence electrons. The highest BCUT2D eigenvalue weighted by atomic mass is 35.5. The molecule has 0 aliphatic carbocycles. The maximum Gasteiger partial charge on any atom is 0.0493 e. The maximum atomic E-state index is 6.60. The first-order chi connectivity index (χ1) is 13.7. The van der Waals surface area contributed by atoms with E-state index in [9.17, 15) is 0 Å². The molecule has 4 aromatic carbocycles. The van der Waals surface area contributed by atoms with Gasteiger partial charge in [0.1, 0.15) is 0 Å². The molecule has 0 unspecified atom stereocenters. The van der Waals surface area contributed by atoms with Gasteiger partial charge in [-0.2, -0.15) is 0 Å². The standard InChI is InChI=1S/C25H19Cl2P/c26-21-17-16-20(25(27)18-21)19-28(22-10-4-1-5-11-22,23-12-6-2-7-13-23)24-14-8-3-9-15-24/h1-19H. The van der Waals surface area contributed by atoms with Crippen molar-refractivity contribution in [1.29, 1.82) is 0 Å². The summed E-state index contributed by atoms with van der Waals surface area (Å²) in [6.07, 6.45) is 0. The number of hydrogen-bond acceptors (Lipinski definition) is 0. The summed E-state index contributed by atoms with van der Waals surface area (Å²) in [4.78, 5) is 0. The van der Waals surface area contributed by atoms with Crippen molar-refractivity contribution in [3.63, 3.8) is 0 Å². The molecule has 4 rings (SSSR count). The van der Waals surface area contributed by atoms with E-state index in [2.05, 4.69) is 96.8 Å². The van der Waals surface area contributed by atoms with Crippen molar-refractivity contribution in [2.45, 2.75) is 0 Å². The van der Waals surface area contributed by atoms with Crippen LogP contribution in [0.3, 0.4) is 0 Å². The molecular weight excluding hydrogens is 402 g/mol. The number of hydrogen-bond donors (Lipinski definition) is 0. The number of halogens is 2. The maximum absolute atomic E-state index is 6.60. The quantitative estimate of drug-likeness (QED) is 0.348. The van der Waals surface area contributed by atoms with Gasteiger partial charge in [-0.3, -0.25) is 0 Å². The van der Waals surface area contributed by atoms with E-state index in [1.54, 1.807) is 0 Å². The summed E-state index contributed by atoms with van der Waals surface area (Å²) in [5.41, 5.74) is 0.996.